The minimum atomic E-state index is 0.0753. The third-order valence-corrected chi connectivity index (χ3v) is 5.36. The summed E-state index contributed by atoms with van der Waals surface area (Å²) in [4.78, 5) is 2.25. The van der Waals surface area contributed by atoms with Gasteiger partial charge in [-0.05, 0) is 12.1 Å². The molecule has 144 valence electrons. The second kappa shape index (κ2) is 6.79. The number of para-hydroxylation sites is 1. The lowest BCUT2D eigenvalue weighted by Gasteiger charge is -2.33. The van der Waals surface area contributed by atoms with Crippen molar-refractivity contribution in [1.29, 1.82) is 0 Å². The first-order valence-electron chi connectivity index (χ1n) is 9.48. The van der Waals surface area contributed by atoms with Gasteiger partial charge in [-0.15, -0.1) is 10.2 Å². The van der Waals surface area contributed by atoms with E-state index in [1.807, 2.05) is 24.0 Å². The lowest BCUT2D eigenvalue weighted by atomic mass is 10.1. The maximum atomic E-state index is 5.93. The van der Waals surface area contributed by atoms with E-state index in [4.69, 9.17) is 4.74 Å². The Kier molecular flexibility index (Phi) is 4.12. The molecule has 8 nitrogen and oxygen atoms in total. The molecule has 1 aliphatic heterocycles. The Morgan fingerprint density at radius 1 is 1.14 bits per heavy atom. The van der Waals surface area contributed by atoms with Crippen molar-refractivity contribution in [2.24, 2.45) is 14.1 Å². The number of ether oxygens (including phenoxy) is 1. The van der Waals surface area contributed by atoms with Gasteiger partial charge in [0.1, 0.15) is 0 Å². The number of fused-ring (bicyclic) bond motifs is 1. The highest BCUT2D eigenvalue weighted by Crippen LogP contribution is 2.30. The molecule has 4 heterocycles. The zero-order valence-corrected chi connectivity index (χ0v) is 16.1. The molecule has 1 saturated heterocycles. The minimum absolute atomic E-state index is 0.0753. The number of hydrogen-bond donors (Lipinski definition) is 0. The summed E-state index contributed by atoms with van der Waals surface area (Å²) in [6, 6.07) is 10.3. The molecule has 3 aromatic heterocycles. The van der Waals surface area contributed by atoms with Crippen LogP contribution in [0.4, 0.5) is 5.95 Å². The summed E-state index contributed by atoms with van der Waals surface area (Å²) in [7, 11) is 4.09. The number of anilines is 1. The maximum absolute atomic E-state index is 5.93. The van der Waals surface area contributed by atoms with Crippen LogP contribution in [0.25, 0.3) is 22.3 Å². The van der Waals surface area contributed by atoms with E-state index in [2.05, 4.69) is 66.8 Å². The number of aromatic nitrogens is 6. The van der Waals surface area contributed by atoms with E-state index in [1.165, 1.54) is 10.9 Å². The predicted molar refractivity (Wildman–Crippen MR) is 107 cm³/mol. The van der Waals surface area contributed by atoms with E-state index in [9.17, 15) is 0 Å². The number of morpholine rings is 1. The average molecular weight is 377 g/mol. The Hall–Kier alpha value is -3.13. The molecule has 0 radical (unpaired) electrons. The molecule has 8 heteroatoms. The van der Waals surface area contributed by atoms with E-state index >= 15 is 0 Å². The van der Waals surface area contributed by atoms with Crippen LogP contribution in [0.1, 0.15) is 0 Å². The van der Waals surface area contributed by atoms with E-state index < -0.39 is 0 Å². The molecule has 1 fully saturated rings. The summed E-state index contributed by atoms with van der Waals surface area (Å²) >= 11 is 0. The highest BCUT2D eigenvalue weighted by atomic mass is 16.5. The second-order valence-corrected chi connectivity index (χ2v) is 7.22. The van der Waals surface area contributed by atoms with Crippen LogP contribution in [0.5, 0.6) is 0 Å². The van der Waals surface area contributed by atoms with Crippen molar-refractivity contribution in [3.63, 3.8) is 0 Å². The molecule has 1 unspecified atom stereocenters. The molecule has 0 spiro atoms. The van der Waals surface area contributed by atoms with Crippen molar-refractivity contribution < 1.29 is 4.74 Å². The smallest absolute Gasteiger partial charge is 0.227 e. The zero-order chi connectivity index (χ0) is 19.1. The molecule has 1 aliphatic rings. The fourth-order valence-electron chi connectivity index (χ4n) is 3.98. The topological polar surface area (TPSA) is 65.9 Å². The van der Waals surface area contributed by atoms with Crippen LogP contribution in [0, 0.1) is 0 Å². The van der Waals surface area contributed by atoms with Gasteiger partial charge in [-0.25, -0.2) is 0 Å². The standard InChI is InChI=1S/C20H23N7O/c1-24-14-17(16-6-3-4-7-18(16)24)19-22-23-20(25(19)2)26-10-11-28-15(12-26)13-27-9-5-8-21-27/h3-9,14-15H,10-13H2,1-2H3. The van der Waals surface area contributed by atoms with Gasteiger partial charge in [-0.1, -0.05) is 18.2 Å². The first-order valence-corrected chi connectivity index (χ1v) is 9.48. The summed E-state index contributed by atoms with van der Waals surface area (Å²) < 4.78 is 12.1. The molecule has 0 saturated carbocycles. The fourth-order valence-corrected chi connectivity index (χ4v) is 3.98. The van der Waals surface area contributed by atoms with Crippen LogP contribution in [0.3, 0.4) is 0 Å². The molecule has 1 atom stereocenters. The Bertz CT molecular complexity index is 1100. The van der Waals surface area contributed by atoms with E-state index in [0.29, 0.717) is 6.61 Å². The Morgan fingerprint density at radius 2 is 2.04 bits per heavy atom. The van der Waals surface area contributed by atoms with Gasteiger partial charge in [0, 0.05) is 62.2 Å². The highest BCUT2D eigenvalue weighted by Gasteiger charge is 2.26. The molecule has 1 aromatic carbocycles. The largest absolute Gasteiger partial charge is 0.373 e. The van der Waals surface area contributed by atoms with Gasteiger partial charge in [-0.2, -0.15) is 5.10 Å². The second-order valence-electron chi connectivity index (χ2n) is 7.22. The number of aryl methyl sites for hydroxylation is 1. The molecule has 28 heavy (non-hydrogen) atoms. The van der Waals surface area contributed by atoms with Gasteiger partial charge in [0.05, 0.1) is 19.3 Å². The maximum Gasteiger partial charge on any atom is 0.227 e. The van der Waals surface area contributed by atoms with E-state index in [1.54, 1.807) is 6.20 Å². The van der Waals surface area contributed by atoms with Crippen LogP contribution in [-0.4, -0.2) is 54.9 Å². The molecule has 0 bridgehead atoms. The summed E-state index contributed by atoms with van der Waals surface area (Å²) in [5.41, 5.74) is 2.29. The quantitative estimate of drug-likeness (QED) is 0.545. The van der Waals surface area contributed by atoms with Gasteiger partial charge in [0.2, 0.25) is 5.95 Å². The molecule has 0 aliphatic carbocycles. The highest BCUT2D eigenvalue weighted by molar-refractivity contribution is 5.94. The molecular weight excluding hydrogens is 354 g/mol. The van der Waals surface area contributed by atoms with Crippen molar-refractivity contribution in [3.8, 4) is 11.4 Å². The van der Waals surface area contributed by atoms with Crippen LogP contribution in [0.15, 0.2) is 48.9 Å². The lowest BCUT2D eigenvalue weighted by Crippen LogP contribution is -2.45. The Labute approximate surface area is 163 Å². The normalized spacial score (nSPS) is 17.5. The average Bonchev–Trinajstić information content (AvgIpc) is 3.42. The van der Waals surface area contributed by atoms with Crippen molar-refractivity contribution in [1.82, 2.24) is 29.1 Å². The molecule has 0 amide bonds. The van der Waals surface area contributed by atoms with Crippen LogP contribution in [0.2, 0.25) is 0 Å². The molecule has 5 rings (SSSR count). The van der Waals surface area contributed by atoms with Gasteiger partial charge in [0.15, 0.2) is 5.82 Å². The molecular formula is C20H23N7O. The number of benzene rings is 1. The van der Waals surface area contributed by atoms with Crippen LogP contribution in [-0.2, 0) is 25.4 Å². The third kappa shape index (κ3) is 2.86. The third-order valence-electron chi connectivity index (χ3n) is 5.36. The summed E-state index contributed by atoms with van der Waals surface area (Å²) in [6.07, 6.45) is 5.95. The fraction of sp³-hybridized carbons (Fsp3) is 0.350. The predicted octanol–water partition coefficient (Wildman–Crippen LogP) is 2.08. The van der Waals surface area contributed by atoms with Crippen molar-refractivity contribution in [3.05, 3.63) is 48.9 Å². The zero-order valence-electron chi connectivity index (χ0n) is 16.1. The van der Waals surface area contributed by atoms with E-state index in [0.717, 1.165) is 37.0 Å². The monoisotopic (exact) mass is 377 g/mol. The van der Waals surface area contributed by atoms with Crippen molar-refractivity contribution in [2.75, 3.05) is 24.6 Å². The number of nitrogens with zero attached hydrogens (tertiary/aromatic N) is 7. The van der Waals surface area contributed by atoms with Gasteiger partial charge in [0.25, 0.3) is 0 Å². The lowest BCUT2D eigenvalue weighted by molar-refractivity contribution is 0.0267. The number of rotatable bonds is 4. The van der Waals surface area contributed by atoms with E-state index in [-0.39, 0.29) is 6.10 Å². The van der Waals surface area contributed by atoms with Crippen molar-refractivity contribution in [2.45, 2.75) is 12.6 Å². The van der Waals surface area contributed by atoms with Gasteiger partial charge >= 0.3 is 0 Å². The van der Waals surface area contributed by atoms with Crippen molar-refractivity contribution >= 4 is 16.9 Å². The Morgan fingerprint density at radius 3 is 2.89 bits per heavy atom. The number of hydrogen-bond acceptors (Lipinski definition) is 5. The van der Waals surface area contributed by atoms with Crippen LogP contribution >= 0.6 is 0 Å². The van der Waals surface area contributed by atoms with Crippen LogP contribution < -0.4 is 4.90 Å². The van der Waals surface area contributed by atoms with Gasteiger partial charge in [-0.3, -0.25) is 9.25 Å². The Balaban J connectivity index is 1.43. The molecule has 0 N–H and O–H groups in total. The minimum Gasteiger partial charge on any atom is -0.373 e. The summed E-state index contributed by atoms with van der Waals surface area (Å²) in [6.45, 7) is 2.97. The first-order chi connectivity index (χ1) is 13.7. The molecule has 4 aromatic rings. The summed E-state index contributed by atoms with van der Waals surface area (Å²) in [5, 5.41) is 14.5. The first kappa shape index (κ1) is 17.0. The summed E-state index contributed by atoms with van der Waals surface area (Å²) in [5.74, 6) is 1.75. The van der Waals surface area contributed by atoms with Gasteiger partial charge < -0.3 is 14.2 Å². The SMILES string of the molecule is Cn1c(-c2cn(C)c3ccccc23)nnc1N1CCOC(Cn2cccn2)C1.